The Labute approximate surface area is 96.2 Å². The predicted octanol–water partition coefficient (Wildman–Crippen LogP) is 1.17. The topological polar surface area (TPSA) is 54.2 Å². The van der Waals surface area contributed by atoms with E-state index < -0.39 is 0 Å². The van der Waals surface area contributed by atoms with Gasteiger partial charge in [0.25, 0.3) is 5.95 Å². The number of hydrogen-bond donors (Lipinski definition) is 1. The molecule has 1 aromatic heterocycles. The van der Waals surface area contributed by atoms with Crippen molar-refractivity contribution in [2.75, 3.05) is 31.6 Å². The van der Waals surface area contributed by atoms with E-state index in [1.54, 1.807) is 0 Å². The molecule has 1 fully saturated rings. The Morgan fingerprint density at radius 3 is 3.00 bits per heavy atom. The first-order chi connectivity index (χ1) is 7.65. The highest BCUT2D eigenvalue weighted by molar-refractivity contribution is 5.26. The first-order valence-corrected chi connectivity index (χ1v) is 5.92. The van der Waals surface area contributed by atoms with E-state index in [1.165, 1.54) is 0 Å². The van der Waals surface area contributed by atoms with Crippen LogP contribution in [0.5, 0.6) is 0 Å². The van der Waals surface area contributed by atoms with Crippen LogP contribution in [0.25, 0.3) is 0 Å². The molecule has 16 heavy (non-hydrogen) atoms. The predicted molar refractivity (Wildman–Crippen MR) is 62.7 cm³/mol. The minimum absolute atomic E-state index is 0.00190. The summed E-state index contributed by atoms with van der Waals surface area (Å²) >= 11 is 0. The van der Waals surface area contributed by atoms with E-state index in [1.807, 2.05) is 11.9 Å². The van der Waals surface area contributed by atoms with Gasteiger partial charge in [-0.3, -0.25) is 0 Å². The molecule has 1 atom stereocenters. The molecular formula is C11H20N4O. The zero-order valence-corrected chi connectivity index (χ0v) is 10.3. The van der Waals surface area contributed by atoms with Crippen LogP contribution in [0, 0.1) is 0 Å². The molecule has 1 aromatic rings. The second-order valence-corrected chi connectivity index (χ2v) is 4.75. The molecule has 2 rings (SSSR count). The van der Waals surface area contributed by atoms with Gasteiger partial charge in [0.2, 0.25) is 5.89 Å². The summed E-state index contributed by atoms with van der Waals surface area (Å²) in [5.41, 5.74) is -0.00190. The van der Waals surface area contributed by atoms with Crippen LogP contribution in [-0.4, -0.2) is 36.8 Å². The SMILES string of the molecule is CCN(C)c1noc(C2(C)CCCNC2)n1. The van der Waals surface area contributed by atoms with Crippen molar-refractivity contribution in [2.45, 2.75) is 32.1 Å². The van der Waals surface area contributed by atoms with Gasteiger partial charge in [-0.05, 0) is 38.4 Å². The highest BCUT2D eigenvalue weighted by Crippen LogP contribution is 2.30. The van der Waals surface area contributed by atoms with Gasteiger partial charge in [0.05, 0.1) is 5.41 Å². The van der Waals surface area contributed by atoms with Crippen molar-refractivity contribution in [3.8, 4) is 0 Å². The van der Waals surface area contributed by atoms with Crippen LogP contribution < -0.4 is 10.2 Å². The second-order valence-electron chi connectivity index (χ2n) is 4.75. The average molecular weight is 224 g/mol. The number of aromatic nitrogens is 2. The maximum atomic E-state index is 5.39. The fourth-order valence-electron chi connectivity index (χ4n) is 2.00. The van der Waals surface area contributed by atoms with E-state index >= 15 is 0 Å². The van der Waals surface area contributed by atoms with Crippen molar-refractivity contribution >= 4 is 5.95 Å². The normalized spacial score (nSPS) is 25.7. The van der Waals surface area contributed by atoms with E-state index in [4.69, 9.17) is 4.52 Å². The maximum absolute atomic E-state index is 5.39. The molecule has 5 nitrogen and oxygen atoms in total. The van der Waals surface area contributed by atoms with Crippen LogP contribution in [0.3, 0.4) is 0 Å². The number of piperidine rings is 1. The van der Waals surface area contributed by atoms with E-state index in [0.29, 0.717) is 5.95 Å². The van der Waals surface area contributed by atoms with Crippen LogP contribution in [0.2, 0.25) is 0 Å². The number of anilines is 1. The summed E-state index contributed by atoms with van der Waals surface area (Å²) in [5.74, 6) is 1.44. The first-order valence-electron chi connectivity index (χ1n) is 5.92. The molecule has 5 heteroatoms. The molecule has 0 amide bonds. The van der Waals surface area contributed by atoms with Crippen molar-refractivity contribution in [3.05, 3.63) is 5.89 Å². The molecular weight excluding hydrogens is 204 g/mol. The van der Waals surface area contributed by atoms with Crippen LogP contribution in [0.1, 0.15) is 32.6 Å². The van der Waals surface area contributed by atoms with Crippen molar-refractivity contribution in [1.82, 2.24) is 15.5 Å². The van der Waals surface area contributed by atoms with E-state index in [-0.39, 0.29) is 5.41 Å². The van der Waals surface area contributed by atoms with Gasteiger partial charge in [0.1, 0.15) is 0 Å². The number of rotatable bonds is 3. The van der Waals surface area contributed by atoms with Gasteiger partial charge >= 0.3 is 0 Å². The van der Waals surface area contributed by atoms with Crippen LogP contribution in [0.4, 0.5) is 5.95 Å². The van der Waals surface area contributed by atoms with Gasteiger partial charge in [0.15, 0.2) is 0 Å². The minimum atomic E-state index is -0.00190. The molecule has 1 N–H and O–H groups in total. The van der Waals surface area contributed by atoms with Gasteiger partial charge in [-0.25, -0.2) is 0 Å². The first kappa shape index (κ1) is 11.4. The summed E-state index contributed by atoms with van der Waals surface area (Å²) in [5, 5.41) is 7.40. The Hall–Kier alpha value is -1.10. The van der Waals surface area contributed by atoms with Crippen molar-refractivity contribution in [1.29, 1.82) is 0 Å². The molecule has 1 aliphatic heterocycles. The fraction of sp³-hybridized carbons (Fsp3) is 0.818. The van der Waals surface area contributed by atoms with Crippen molar-refractivity contribution in [3.63, 3.8) is 0 Å². The molecule has 90 valence electrons. The highest BCUT2D eigenvalue weighted by atomic mass is 16.5. The van der Waals surface area contributed by atoms with Gasteiger partial charge in [-0.2, -0.15) is 4.98 Å². The molecule has 0 radical (unpaired) electrons. The van der Waals surface area contributed by atoms with Gasteiger partial charge in [-0.1, -0.05) is 0 Å². The third kappa shape index (κ3) is 2.04. The van der Waals surface area contributed by atoms with Crippen LogP contribution in [0.15, 0.2) is 4.52 Å². The number of hydrogen-bond acceptors (Lipinski definition) is 5. The summed E-state index contributed by atoms with van der Waals surface area (Å²) in [6, 6.07) is 0. The average Bonchev–Trinajstić information content (AvgIpc) is 2.79. The van der Waals surface area contributed by atoms with E-state index in [9.17, 15) is 0 Å². The van der Waals surface area contributed by atoms with Gasteiger partial charge in [0, 0.05) is 20.1 Å². The van der Waals surface area contributed by atoms with Crippen LogP contribution >= 0.6 is 0 Å². The fourth-order valence-corrected chi connectivity index (χ4v) is 2.00. The van der Waals surface area contributed by atoms with E-state index in [2.05, 4.69) is 29.3 Å². The Morgan fingerprint density at radius 2 is 2.38 bits per heavy atom. The van der Waals surface area contributed by atoms with Crippen molar-refractivity contribution in [2.24, 2.45) is 0 Å². The van der Waals surface area contributed by atoms with Crippen LogP contribution in [-0.2, 0) is 5.41 Å². The lowest BCUT2D eigenvalue weighted by Gasteiger charge is -2.30. The molecule has 0 aliphatic carbocycles. The maximum Gasteiger partial charge on any atom is 0.265 e. The Kier molecular flexibility index (Phi) is 3.14. The largest absolute Gasteiger partial charge is 0.342 e. The monoisotopic (exact) mass is 224 g/mol. The summed E-state index contributed by atoms with van der Waals surface area (Å²) in [6.07, 6.45) is 2.27. The lowest BCUT2D eigenvalue weighted by Crippen LogP contribution is -2.41. The summed E-state index contributed by atoms with van der Waals surface area (Å²) in [7, 11) is 1.97. The standard InChI is InChI=1S/C11H20N4O/c1-4-15(3)10-13-9(16-14-10)11(2)6-5-7-12-8-11/h12H,4-8H2,1-3H3. The molecule has 0 bridgehead atoms. The summed E-state index contributed by atoms with van der Waals surface area (Å²) in [6.45, 7) is 7.15. The summed E-state index contributed by atoms with van der Waals surface area (Å²) < 4.78 is 5.39. The van der Waals surface area contributed by atoms with Crippen molar-refractivity contribution < 1.29 is 4.52 Å². The second kappa shape index (κ2) is 4.41. The summed E-state index contributed by atoms with van der Waals surface area (Å²) in [4.78, 5) is 6.46. The quantitative estimate of drug-likeness (QED) is 0.835. The smallest absolute Gasteiger partial charge is 0.265 e. The Morgan fingerprint density at radius 1 is 1.56 bits per heavy atom. The molecule has 1 unspecified atom stereocenters. The highest BCUT2D eigenvalue weighted by Gasteiger charge is 2.34. The minimum Gasteiger partial charge on any atom is -0.342 e. The van der Waals surface area contributed by atoms with E-state index in [0.717, 1.165) is 38.4 Å². The molecule has 0 spiro atoms. The van der Waals surface area contributed by atoms with Gasteiger partial charge in [-0.15, -0.1) is 0 Å². The molecule has 0 saturated carbocycles. The number of nitrogens with one attached hydrogen (secondary N) is 1. The Bertz CT molecular complexity index is 344. The zero-order valence-electron chi connectivity index (χ0n) is 10.3. The van der Waals surface area contributed by atoms with Gasteiger partial charge < -0.3 is 14.7 Å². The Balaban J connectivity index is 2.17. The zero-order chi connectivity index (χ0) is 11.6. The molecule has 0 aromatic carbocycles. The number of nitrogens with zero attached hydrogens (tertiary/aromatic N) is 3. The lowest BCUT2D eigenvalue weighted by molar-refractivity contribution is 0.245. The lowest BCUT2D eigenvalue weighted by atomic mass is 9.83. The third-order valence-electron chi connectivity index (χ3n) is 3.34. The molecule has 1 aliphatic rings. The molecule has 2 heterocycles. The molecule has 1 saturated heterocycles. The third-order valence-corrected chi connectivity index (χ3v) is 3.34.